The Labute approximate surface area is 454 Å². The van der Waals surface area contributed by atoms with E-state index >= 15 is 0 Å². The number of hydrogen-bond acceptors (Lipinski definition) is 12. The zero-order valence-electron chi connectivity index (χ0n) is 45.7. The number of anilines is 2. The van der Waals surface area contributed by atoms with Gasteiger partial charge in [-0.3, -0.25) is 19.3 Å². The summed E-state index contributed by atoms with van der Waals surface area (Å²) in [5.74, 6) is 0.162. The van der Waals surface area contributed by atoms with Crippen molar-refractivity contribution in [2.45, 2.75) is 136 Å². The molecule has 416 valence electrons. The van der Waals surface area contributed by atoms with Crippen molar-refractivity contribution in [1.29, 1.82) is 0 Å². The Balaban J connectivity index is 0.000000160. The third kappa shape index (κ3) is 15.0. The van der Waals surface area contributed by atoms with Crippen molar-refractivity contribution < 1.29 is 36.3 Å². The fourth-order valence-electron chi connectivity index (χ4n) is 11.1. The van der Waals surface area contributed by atoms with Crippen LogP contribution in [0, 0.1) is 22.7 Å². The highest BCUT2D eigenvalue weighted by Crippen LogP contribution is 2.39. The number of carbonyl (C=O) groups is 2. The minimum atomic E-state index is -2.96. The van der Waals surface area contributed by atoms with Crippen molar-refractivity contribution in [3.8, 4) is 0 Å². The van der Waals surface area contributed by atoms with E-state index in [9.17, 15) is 31.5 Å². The second kappa shape index (κ2) is 23.6. The van der Waals surface area contributed by atoms with Crippen LogP contribution < -0.4 is 11.1 Å². The largest absolute Gasteiger partial charge is 0.476 e. The van der Waals surface area contributed by atoms with E-state index in [1.54, 1.807) is 17.1 Å². The number of hydrogen-bond donors (Lipinski definition) is 4. The maximum absolute atomic E-state index is 13.0. The number of carboxylic acids is 1. The Morgan fingerprint density at radius 1 is 0.766 bits per heavy atom. The van der Waals surface area contributed by atoms with Crippen LogP contribution in [0.3, 0.4) is 0 Å². The molecule has 0 saturated carbocycles. The van der Waals surface area contributed by atoms with Gasteiger partial charge >= 0.3 is 5.97 Å². The van der Waals surface area contributed by atoms with Crippen molar-refractivity contribution in [2.75, 3.05) is 40.7 Å². The minimum Gasteiger partial charge on any atom is -0.476 e. The summed E-state index contributed by atoms with van der Waals surface area (Å²) in [5, 5.41) is 32.9. The molecule has 0 spiro atoms. The monoisotopic (exact) mass is 1110 g/mol. The quantitative estimate of drug-likeness (QED) is 0.0587. The maximum atomic E-state index is 13.0. The second-order valence-corrected chi connectivity index (χ2v) is 34.5. The Morgan fingerprint density at radius 3 is 1.81 bits per heavy atom. The number of carbonyl (C=O) groups excluding carboxylic acids is 1. The van der Waals surface area contributed by atoms with Crippen molar-refractivity contribution in [1.82, 2.24) is 39.5 Å². The Hall–Kier alpha value is -5.90. The molecule has 0 radical (unpaired) electrons. The first-order valence-corrected chi connectivity index (χ1v) is 34.3. The zero-order valence-corrected chi connectivity index (χ0v) is 48.4. The molecule has 2 fully saturated rings. The molecule has 5 N–H and O–H groups in total. The minimum absolute atomic E-state index is 0.0407. The van der Waals surface area contributed by atoms with E-state index in [1.165, 1.54) is 0 Å². The number of nitrogen functional groups attached to an aromatic ring is 1. The number of nitrogens with two attached hydrogens (primary N) is 1. The third-order valence-corrected chi connectivity index (χ3v) is 20.7. The number of amides is 1. The van der Waals surface area contributed by atoms with Crippen LogP contribution in [0.1, 0.15) is 133 Å². The van der Waals surface area contributed by atoms with Gasteiger partial charge in [0.25, 0.3) is 5.91 Å². The third-order valence-electron chi connectivity index (χ3n) is 15.6. The Morgan fingerprint density at radius 2 is 1.29 bits per heavy atom. The number of aromatic nitrogens is 8. The van der Waals surface area contributed by atoms with Gasteiger partial charge in [-0.1, -0.05) is 108 Å². The summed E-state index contributed by atoms with van der Waals surface area (Å²) in [6.07, 6.45) is 14.9. The molecule has 4 aromatic heterocycles. The average molecular weight is 1110 g/mol. The number of rotatable bonds is 14. The smallest absolute Gasteiger partial charge is 0.356 e. The van der Waals surface area contributed by atoms with Gasteiger partial charge in [-0.05, 0) is 104 Å². The van der Waals surface area contributed by atoms with Crippen LogP contribution >= 0.6 is 0 Å². The van der Waals surface area contributed by atoms with Gasteiger partial charge in [0.2, 0.25) is 0 Å². The van der Waals surface area contributed by atoms with Crippen molar-refractivity contribution in [2.24, 2.45) is 22.7 Å². The number of ether oxygens (including phenoxy) is 1. The molecule has 1 amide bonds. The lowest BCUT2D eigenvalue weighted by atomic mass is 9.76. The lowest BCUT2D eigenvalue weighted by molar-refractivity contribution is 0.0667. The van der Waals surface area contributed by atoms with Crippen molar-refractivity contribution in [3.63, 3.8) is 0 Å². The topological polar surface area (TPSA) is 252 Å². The molecular formula is C56H78N10O8S2Si. The molecule has 6 aromatic rings. The van der Waals surface area contributed by atoms with Gasteiger partial charge in [-0.15, -0.1) is 0 Å². The van der Waals surface area contributed by atoms with Gasteiger partial charge in [0.15, 0.2) is 11.4 Å². The molecule has 2 aromatic carbocycles. The summed E-state index contributed by atoms with van der Waals surface area (Å²) < 4.78 is 58.5. The molecule has 0 bridgehead atoms. The lowest BCUT2D eigenvalue weighted by Crippen LogP contribution is -2.30. The van der Waals surface area contributed by atoms with Gasteiger partial charge in [-0.25, -0.2) is 26.3 Å². The van der Waals surface area contributed by atoms with Crippen LogP contribution in [-0.2, 0) is 56.8 Å². The van der Waals surface area contributed by atoms with Crippen LogP contribution in [0.5, 0.6) is 0 Å². The standard InChI is InChI=1S/C25H31N5O3S.C16H28N2O3Si.C15H19N3O2S/c1-25(2)11-8-20-21(14-25)28-29-22(20)24(31)27-19-15-26-30(16-19)23(17-6-4-3-5-7-17)18-9-12-34(32,33)13-10-18;1-16(2)7-6-12-13(10-16)18(17-14(12)15(19)20)11-21-8-9-22(3,4)5;16-14-10-17-18(11-14)15(12-4-2-1-3-5-12)13-6-8-21(19,20)9-7-13/h3-7,15-16,18,23H,8-14H2,1-2H3,(H,27,31)(H,28,29);6-11H2,1-5H3,(H,19,20);1-5,10-11,13,15H,6-9,16H2. The van der Waals surface area contributed by atoms with E-state index in [-0.39, 0.29) is 69.4 Å². The predicted octanol–water partition coefficient (Wildman–Crippen LogP) is 9.08. The van der Waals surface area contributed by atoms with E-state index in [2.05, 4.69) is 90.3 Å². The number of carboxylic acid groups (broad SMARTS) is 1. The summed E-state index contributed by atoms with van der Waals surface area (Å²) in [5.41, 5.74) is 14.3. The van der Waals surface area contributed by atoms with Crippen LogP contribution in [0.25, 0.3) is 0 Å². The predicted molar refractivity (Wildman–Crippen MR) is 302 cm³/mol. The molecule has 2 unspecified atom stereocenters. The first kappa shape index (κ1) is 57.3. The van der Waals surface area contributed by atoms with E-state index in [1.807, 2.05) is 70.3 Å². The molecule has 4 aliphatic rings. The number of aromatic amines is 1. The van der Waals surface area contributed by atoms with E-state index < -0.39 is 33.7 Å². The molecule has 10 rings (SSSR count). The molecule has 2 atom stereocenters. The molecule has 2 saturated heterocycles. The molecule has 21 heteroatoms. The molecule has 77 heavy (non-hydrogen) atoms. The average Bonchev–Trinajstić information content (AvgIpc) is 4.21. The number of nitrogens with zero attached hydrogens (tertiary/aromatic N) is 7. The fraction of sp³-hybridized carbons (Fsp3) is 0.536. The first-order valence-electron chi connectivity index (χ1n) is 27.0. The van der Waals surface area contributed by atoms with Crippen LogP contribution in [0.2, 0.25) is 25.7 Å². The number of H-pyrrole nitrogens is 1. The van der Waals surface area contributed by atoms with Crippen LogP contribution in [-0.4, -0.2) is 111 Å². The molecule has 6 heterocycles. The summed E-state index contributed by atoms with van der Waals surface area (Å²) in [6.45, 7) is 16.9. The Bertz CT molecular complexity index is 3190. The summed E-state index contributed by atoms with van der Waals surface area (Å²) in [7, 11) is -6.93. The van der Waals surface area contributed by atoms with E-state index in [4.69, 9.17) is 10.5 Å². The van der Waals surface area contributed by atoms with Gasteiger partial charge in [0, 0.05) is 49.6 Å². The van der Waals surface area contributed by atoms with E-state index in [0.717, 1.165) is 84.8 Å². The fourth-order valence-corrected chi connectivity index (χ4v) is 14.9. The van der Waals surface area contributed by atoms with Gasteiger partial charge in [0.05, 0.1) is 58.9 Å². The van der Waals surface area contributed by atoms with Crippen LogP contribution in [0.15, 0.2) is 85.5 Å². The maximum Gasteiger partial charge on any atom is 0.356 e. The number of sulfone groups is 2. The van der Waals surface area contributed by atoms with Gasteiger partial charge in [0.1, 0.15) is 26.4 Å². The highest BCUT2D eigenvalue weighted by atomic mass is 32.2. The number of nitrogens with one attached hydrogen (secondary N) is 2. The zero-order chi connectivity index (χ0) is 55.3. The lowest BCUT2D eigenvalue weighted by Gasteiger charge is -2.30. The summed E-state index contributed by atoms with van der Waals surface area (Å²) in [4.78, 5) is 24.4. The number of fused-ring (bicyclic) bond motifs is 2. The summed E-state index contributed by atoms with van der Waals surface area (Å²) >= 11 is 0. The van der Waals surface area contributed by atoms with E-state index in [0.29, 0.717) is 49.5 Å². The SMILES string of the molecule is CC1(C)CCc2c(C(=O)Nc3cnn(C(c4ccccc4)C4CCS(=O)(=O)CC4)c3)n[nH]c2C1.CC1(C)CCc2c(C(=O)O)nn(COCC[Si](C)(C)C)c2C1.Nc1cnn(C(c2ccccc2)C2CCS(=O)(=O)CC2)c1. The first-order chi connectivity index (χ1) is 36.3. The normalized spacial score (nSPS) is 19.5. The second-order valence-electron chi connectivity index (χ2n) is 24.2. The van der Waals surface area contributed by atoms with Crippen LogP contribution in [0.4, 0.5) is 11.4 Å². The van der Waals surface area contributed by atoms with Crippen molar-refractivity contribution in [3.05, 3.63) is 130 Å². The van der Waals surface area contributed by atoms with Gasteiger partial charge in [-0.2, -0.15) is 20.4 Å². The Kier molecular flexibility index (Phi) is 17.6. The molecule has 2 aliphatic heterocycles. The van der Waals surface area contributed by atoms with Gasteiger partial charge < -0.3 is 20.9 Å². The summed E-state index contributed by atoms with van der Waals surface area (Å²) in [6, 6.07) is 21.2. The van der Waals surface area contributed by atoms with Crippen molar-refractivity contribution >= 4 is 51.0 Å². The number of benzene rings is 2. The molecular weight excluding hydrogens is 1030 g/mol. The molecule has 18 nitrogen and oxygen atoms in total. The highest BCUT2D eigenvalue weighted by molar-refractivity contribution is 7.91. The highest BCUT2D eigenvalue weighted by Gasteiger charge is 2.36. The molecule has 2 aliphatic carbocycles. The number of aromatic carboxylic acids is 1.